The molecule has 0 aliphatic carbocycles. The molecule has 2 rings (SSSR count). The van der Waals surface area contributed by atoms with E-state index in [4.69, 9.17) is 9.15 Å². The van der Waals surface area contributed by atoms with Crippen molar-refractivity contribution >= 4 is 5.96 Å². The van der Waals surface area contributed by atoms with Crippen molar-refractivity contribution in [1.82, 2.24) is 15.6 Å². The third-order valence-corrected chi connectivity index (χ3v) is 3.76. The highest BCUT2D eigenvalue weighted by atomic mass is 16.5. The minimum absolute atomic E-state index is 0.0463. The lowest BCUT2D eigenvalue weighted by Crippen LogP contribution is -2.36. The van der Waals surface area contributed by atoms with E-state index in [1.807, 2.05) is 45.0 Å². The first-order chi connectivity index (χ1) is 12.8. The van der Waals surface area contributed by atoms with Crippen molar-refractivity contribution in [3.63, 3.8) is 0 Å². The molecule has 0 aliphatic heterocycles. The molecular weight excluding hydrogens is 340 g/mol. The van der Waals surface area contributed by atoms with Crippen molar-refractivity contribution in [3.8, 4) is 5.75 Å². The molecule has 2 aromatic rings. The van der Waals surface area contributed by atoms with Crippen LogP contribution in [0.15, 0.2) is 39.9 Å². The maximum absolute atomic E-state index is 5.81. The van der Waals surface area contributed by atoms with Gasteiger partial charge in [-0.1, -0.05) is 32.9 Å². The summed E-state index contributed by atoms with van der Waals surface area (Å²) >= 11 is 0. The van der Waals surface area contributed by atoms with Gasteiger partial charge in [-0.25, -0.2) is 9.98 Å². The predicted octanol–water partition coefficient (Wildman–Crippen LogP) is 4.01. The van der Waals surface area contributed by atoms with Crippen molar-refractivity contribution in [3.05, 3.63) is 47.7 Å². The van der Waals surface area contributed by atoms with Crippen LogP contribution in [0.2, 0.25) is 0 Å². The number of nitrogens with one attached hydrogen (secondary N) is 2. The van der Waals surface area contributed by atoms with Gasteiger partial charge in [0.25, 0.3) is 0 Å². The van der Waals surface area contributed by atoms with Crippen LogP contribution in [0.3, 0.4) is 0 Å². The van der Waals surface area contributed by atoms with E-state index in [9.17, 15) is 0 Å². The van der Waals surface area contributed by atoms with Crippen molar-refractivity contribution in [1.29, 1.82) is 0 Å². The number of aliphatic imine (C=N–C) groups is 1. The van der Waals surface area contributed by atoms with Gasteiger partial charge in [0.15, 0.2) is 5.96 Å². The van der Waals surface area contributed by atoms with Gasteiger partial charge in [-0.3, -0.25) is 0 Å². The monoisotopic (exact) mass is 372 g/mol. The van der Waals surface area contributed by atoms with E-state index in [1.54, 1.807) is 6.20 Å². The fraction of sp³-hybridized carbons (Fsp3) is 0.524. The van der Waals surface area contributed by atoms with Crippen molar-refractivity contribution in [2.24, 2.45) is 4.99 Å². The van der Waals surface area contributed by atoms with Gasteiger partial charge in [0.05, 0.1) is 25.4 Å². The van der Waals surface area contributed by atoms with Gasteiger partial charge in [0, 0.05) is 12.0 Å². The van der Waals surface area contributed by atoms with Gasteiger partial charge in [0.2, 0.25) is 5.89 Å². The zero-order chi connectivity index (χ0) is 19.9. The summed E-state index contributed by atoms with van der Waals surface area (Å²) in [5.74, 6) is 3.14. The Morgan fingerprint density at radius 2 is 1.89 bits per heavy atom. The summed E-state index contributed by atoms with van der Waals surface area (Å²) in [6, 6.07) is 8.03. The second kappa shape index (κ2) is 9.44. The lowest BCUT2D eigenvalue weighted by molar-refractivity contribution is 0.242. The van der Waals surface area contributed by atoms with Gasteiger partial charge in [-0.2, -0.15) is 0 Å². The van der Waals surface area contributed by atoms with Gasteiger partial charge in [-0.15, -0.1) is 0 Å². The highest BCUT2D eigenvalue weighted by molar-refractivity contribution is 5.79. The van der Waals surface area contributed by atoms with Crippen LogP contribution in [0.4, 0.5) is 0 Å². The standard InChI is InChI=1S/C21H32N4O2/c1-7-22-20(25-14-19-23-13-18(27-19)21(4,5)6)24-12-16-8-10-17(11-9-16)26-15(2)3/h8-11,13,15H,7,12,14H2,1-6H3,(H2,22,24,25). The van der Waals surface area contributed by atoms with Crippen molar-refractivity contribution in [2.45, 2.75) is 66.2 Å². The van der Waals surface area contributed by atoms with Crippen LogP contribution in [0.25, 0.3) is 0 Å². The fourth-order valence-corrected chi connectivity index (χ4v) is 2.36. The molecule has 6 nitrogen and oxygen atoms in total. The first kappa shape index (κ1) is 20.8. The molecule has 0 radical (unpaired) electrons. The summed E-state index contributed by atoms with van der Waals surface area (Å²) in [6.07, 6.45) is 1.97. The van der Waals surface area contributed by atoms with Crippen LogP contribution >= 0.6 is 0 Å². The third-order valence-electron chi connectivity index (χ3n) is 3.76. The predicted molar refractivity (Wildman–Crippen MR) is 109 cm³/mol. The Labute approximate surface area is 162 Å². The Hall–Kier alpha value is -2.50. The number of rotatable bonds is 7. The number of hydrogen-bond donors (Lipinski definition) is 2. The van der Waals surface area contributed by atoms with E-state index in [1.165, 1.54) is 0 Å². The molecule has 1 aromatic carbocycles. The normalized spacial score (nSPS) is 12.3. The summed E-state index contributed by atoms with van der Waals surface area (Å²) in [4.78, 5) is 8.97. The van der Waals surface area contributed by atoms with Crippen LogP contribution < -0.4 is 15.4 Å². The van der Waals surface area contributed by atoms with E-state index < -0.39 is 0 Å². The molecule has 0 saturated heterocycles. The number of aromatic nitrogens is 1. The number of oxazole rings is 1. The first-order valence-electron chi connectivity index (χ1n) is 9.51. The van der Waals surface area contributed by atoms with Gasteiger partial charge >= 0.3 is 0 Å². The number of guanidine groups is 1. The minimum atomic E-state index is -0.0463. The Bertz CT molecular complexity index is 727. The molecule has 148 valence electrons. The molecule has 0 spiro atoms. The third kappa shape index (κ3) is 6.96. The Balaban J connectivity index is 1.94. The molecule has 0 bridgehead atoms. The van der Waals surface area contributed by atoms with E-state index in [0.29, 0.717) is 19.0 Å². The Kier molecular flexibility index (Phi) is 7.28. The van der Waals surface area contributed by atoms with Gasteiger partial charge in [0.1, 0.15) is 11.5 Å². The molecule has 0 saturated carbocycles. The maximum atomic E-state index is 5.81. The highest BCUT2D eigenvalue weighted by Crippen LogP contribution is 2.22. The first-order valence-corrected chi connectivity index (χ1v) is 9.51. The van der Waals surface area contributed by atoms with Crippen LogP contribution in [0, 0.1) is 0 Å². The average Bonchev–Trinajstić information content (AvgIpc) is 3.07. The number of hydrogen-bond acceptors (Lipinski definition) is 4. The molecule has 6 heteroatoms. The van der Waals surface area contributed by atoms with Crippen LogP contribution in [0.5, 0.6) is 5.75 Å². The largest absolute Gasteiger partial charge is 0.491 e. The Morgan fingerprint density at radius 3 is 2.44 bits per heavy atom. The molecular formula is C21H32N4O2. The summed E-state index contributed by atoms with van der Waals surface area (Å²) in [7, 11) is 0. The van der Waals surface area contributed by atoms with E-state index in [2.05, 4.69) is 41.4 Å². The van der Waals surface area contributed by atoms with Crippen LogP contribution in [-0.4, -0.2) is 23.6 Å². The number of nitrogens with zero attached hydrogens (tertiary/aromatic N) is 2. The molecule has 0 amide bonds. The molecule has 1 heterocycles. The Morgan fingerprint density at radius 1 is 1.19 bits per heavy atom. The summed E-state index contributed by atoms with van der Waals surface area (Å²) in [5.41, 5.74) is 1.07. The fourth-order valence-electron chi connectivity index (χ4n) is 2.36. The number of ether oxygens (including phenoxy) is 1. The van der Waals surface area contributed by atoms with Crippen molar-refractivity contribution in [2.75, 3.05) is 6.54 Å². The minimum Gasteiger partial charge on any atom is -0.491 e. The maximum Gasteiger partial charge on any atom is 0.213 e. The molecule has 0 fully saturated rings. The quantitative estimate of drug-likeness (QED) is 0.567. The topological polar surface area (TPSA) is 71.7 Å². The summed E-state index contributed by atoms with van der Waals surface area (Å²) in [6.45, 7) is 14.2. The SMILES string of the molecule is CCNC(=NCc1ccc(OC(C)C)cc1)NCc1ncc(C(C)(C)C)o1. The second-order valence-corrected chi connectivity index (χ2v) is 7.73. The van der Waals surface area contributed by atoms with Crippen molar-refractivity contribution < 1.29 is 9.15 Å². The second-order valence-electron chi connectivity index (χ2n) is 7.73. The molecule has 27 heavy (non-hydrogen) atoms. The lowest BCUT2D eigenvalue weighted by Gasteiger charge is -2.13. The van der Waals surface area contributed by atoms with Crippen LogP contribution in [-0.2, 0) is 18.5 Å². The lowest BCUT2D eigenvalue weighted by atomic mass is 9.94. The molecule has 2 N–H and O–H groups in total. The highest BCUT2D eigenvalue weighted by Gasteiger charge is 2.19. The van der Waals surface area contributed by atoms with E-state index >= 15 is 0 Å². The van der Waals surface area contributed by atoms with Crippen LogP contribution in [0.1, 0.15) is 58.8 Å². The molecule has 0 unspecified atom stereocenters. The van der Waals surface area contributed by atoms with E-state index in [-0.39, 0.29) is 11.5 Å². The zero-order valence-corrected chi connectivity index (χ0v) is 17.3. The molecule has 0 aliphatic rings. The summed E-state index contributed by atoms with van der Waals surface area (Å²) < 4.78 is 11.5. The zero-order valence-electron chi connectivity index (χ0n) is 17.3. The van der Waals surface area contributed by atoms with E-state index in [0.717, 1.165) is 29.6 Å². The smallest absolute Gasteiger partial charge is 0.213 e. The number of benzene rings is 1. The van der Waals surface area contributed by atoms with Gasteiger partial charge in [-0.05, 0) is 38.5 Å². The molecule has 1 aromatic heterocycles. The average molecular weight is 373 g/mol. The summed E-state index contributed by atoms with van der Waals surface area (Å²) in [5, 5.41) is 6.51. The molecule has 0 atom stereocenters. The van der Waals surface area contributed by atoms with Gasteiger partial charge < -0.3 is 19.8 Å².